The summed E-state index contributed by atoms with van der Waals surface area (Å²) in [5.74, 6) is -0.457. The van der Waals surface area contributed by atoms with Crippen LogP contribution in [0.2, 0.25) is 0 Å². The number of benzene rings is 1. The van der Waals surface area contributed by atoms with E-state index in [9.17, 15) is 14.4 Å². The van der Waals surface area contributed by atoms with Crippen molar-refractivity contribution in [3.63, 3.8) is 0 Å². The Balaban J connectivity index is 1.67. The highest BCUT2D eigenvalue weighted by Crippen LogP contribution is 2.17. The lowest BCUT2D eigenvalue weighted by atomic mass is 9.96. The Labute approximate surface area is 146 Å². The molecule has 1 aromatic carbocycles. The maximum atomic E-state index is 12.1. The summed E-state index contributed by atoms with van der Waals surface area (Å²) < 4.78 is 10.5. The molecule has 8 heteroatoms. The van der Waals surface area contributed by atoms with E-state index in [1.165, 1.54) is 4.90 Å². The van der Waals surface area contributed by atoms with Gasteiger partial charge in [-0.1, -0.05) is 0 Å². The van der Waals surface area contributed by atoms with Crippen LogP contribution in [0.15, 0.2) is 24.3 Å². The first-order valence-corrected chi connectivity index (χ1v) is 8.14. The van der Waals surface area contributed by atoms with Crippen LogP contribution in [0.3, 0.4) is 0 Å². The van der Waals surface area contributed by atoms with Gasteiger partial charge in [0.1, 0.15) is 18.1 Å². The quantitative estimate of drug-likeness (QED) is 0.551. The molecular formula is C17H23N3O5. The molecule has 1 aliphatic heterocycles. The minimum Gasteiger partial charge on any atom is -0.497 e. The lowest BCUT2D eigenvalue weighted by Gasteiger charge is -2.29. The van der Waals surface area contributed by atoms with E-state index in [4.69, 9.17) is 15.2 Å². The molecule has 0 saturated carbocycles. The van der Waals surface area contributed by atoms with Gasteiger partial charge in [-0.15, -0.1) is 0 Å². The van der Waals surface area contributed by atoms with Gasteiger partial charge in [0.2, 0.25) is 5.91 Å². The highest BCUT2D eigenvalue weighted by molar-refractivity contribution is 6.35. The fourth-order valence-corrected chi connectivity index (χ4v) is 2.59. The lowest BCUT2D eigenvalue weighted by Crippen LogP contribution is -2.48. The third-order valence-corrected chi connectivity index (χ3v) is 4.09. The molecule has 0 unspecified atom stereocenters. The van der Waals surface area contributed by atoms with Crippen molar-refractivity contribution >= 4 is 17.7 Å². The van der Waals surface area contributed by atoms with Crippen molar-refractivity contribution in [1.29, 1.82) is 0 Å². The molecule has 25 heavy (non-hydrogen) atoms. The maximum absolute atomic E-state index is 12.1. The number of nitrogens with one attached hydrogen (secondary N) is 1. The number of nitrogens with two attached hydrogens (primary N) is 1. The van der Waals surface area contributed by atoms with Crippen molar-refractivity contribution in [3.8, 4) is 11.5 Å². The van der Waals surface area contributed by atoms with Gasteiger partial charge in [0, 0.05) is 19.0 Å². The van der Waals surface area contributed by atoms with Crippen LogP contribution in [-0.2, 0) is 14.4 Å². The van der Waals surface area contributed by atoms with Gasteiger partial charge in [0.25, 0.3) is 0 Å². The summed E-state index contributed by atoms with van der Waals surface area (Å²) in [6.45, 7) is 1.19. The second-order valence-corrected chi connectivity index (χ2v) is 5.75. The van der Waals surface area contributed by atoms with Gasteiger partial charge in [0.15, 0.2) is 0 Å². The summed E-state index contributed by atoms with van der Waals surface area (Å²) in [5.41, 5.74) is 5.25. The van der Waals surface area contributed by atoms with Crippen LogP contribution >= 0.6 is 0 Å². The molecule has 0 atom stereocenters. The topological polar surface area (TPSA) is 111 Å². The summed E-state index contributed by atoms with van der Waals surface area (Å²) in [4.78, 5) is 36.5. The summed E-state index contributed by atoms with van der Waals surface area (Å²) in [5, 5.41) is 2.54. The molecule has 8 nitrogen and oxygen atoms in total. The summed E-state index contributed by atoms with van der Waals surface area (Å²) in [6.07, 6.45) is 0.990. The van der Waals surface area contributed by atoms with Gasteiger partial charge in [-0.3, -0.25) is 14.4 Å². The van der Waals surface area contributed by atoms with Crippen LogP contribution in [0.25, 0.3) is 0 Å². The molecule has 3 amide bonds. The molecule has 0 bridgehead atoms. The van der Waals surface area contributed by atoms with Gasteiger partial charge in [-0.05, 0) is 37.1 Å². The Hall–Kier alpha value is -2.77. The Morgan fingerprint density at radius 2 is 1.76 bits per heavy atom. The molecule has 1 aromatic rings. The number of carbonyl (C=O) groups excluding carboxylic acids is 3. The zero-order valence-electron chi connectivity index (χ0n) is 14.2. The van der Waals surface area contributed by atoms with Crippen LogP contribution in [-0.4, -0.2) is 56.0 Å². The number of nitrogens with zero attached hydrogens (tertiary/aromatic N) is 1. The standard InChI is InChI=1S/C17H23N3O5/c1-24-13-2-4-14(5-3-13)25-11-8-19-16(22)17(23)20-9-6-12(7-10-20)15(18)21/h2-5,12H,6-11H2,1H3,(H2,18,21)(H,19,22). The molecule has 0 radical (unpaired) electrons. The highest BCUT2D eigenvalue weighted by atomic mass is 16.5. The van der Waals surface area contributed by atoms with Crippen molar-refractivity contribution in [3.05, 3.63) is 24.3 Å². The predicted octanol–water partition coefficient (Wildman–Crippen LogP) is -0.0859. The largest absolute Gasteiger partial charge is 0.497 e. The number of amides is 3. The number of ether oxygens (including phenoxy) is 2. The Morgan fingerprint density at radius 3 is 2.32 bits per heavy atom. The smallest absolute Gasteiger partial charge is 0.311 e. The normalized spacial score (nSPS) is 14.7. The van der Waals surface area contributed by atoms with Crippen LogP contribution in [0.4, 0.5) is 0 Å². The number of hydrogen-bond donors (Lipinski definition) is 2. The van der Waals surface area contributed by atoms with E-state index in [2.05, 4.69) is 5.32 Å². The number of carbonyl (C=O) groups is 3. The molecule has 136 valence electrons. The van der Waals surface area contributed by atoms with Crippen molar-refractivity contribution in [2.45, 2.75) is 12.8 Å². The molecule has 1 fully saturated rings. The zero-order valence-corrected chi connectivity index (χ0v) is 14.2. The highest BCUT2D eigenvalue weighted by Gasteiger charge is 2.28. The molecule has 2 rings (SSSR count). The molecule has 0 spiro atoms. The number of likely N-dealkylation sites (tertiary alicyclic amines) is 1. The van der Waals surface area contributed by atoms with E-state index in [-0.39, 0.29) is 25.0 Å². The van der Waals surface area contributed by atoms with Crippen molar-refractivity contribution in [2.75, 3.05) is 33.4 Å². The monoisotopic (exact) mass is 349 g/mol. The lowest BCUT2D eigenvalue weighted by molar-refractivity contribution is -0.147. The van der Waals surface area contributed by atoms with E-state index in [1.807, 2.05) is 0 Å². The Kier molecular flexibility index (Phi) is 6.62. The number of rotatable bonds is 6. The van der Waals surface area contributed by atoms with E-state index >= 15 is 0 Å². The minimum atomic E-state index is -0.671. The number of methoxy groups -OCH3 is 1. The van der Waals surface area contributed by atoms with Crippen molar-refractivity contribution in [2.24, 2.45) is 11.7 Å². The van der Waals surface area contributed by atoms with E-state index in [0.29, 0.717) is 31.7 Å². The Bertz CT molecular complexity index is 609. The SMILES string of the molecule is COc1ccc(OCCNC(=O)C(=O)N2CCC(C(N)=O)CC2)cc1. The average Bonchev–Trinajstić information content (AvgIpc) is 2.65. The molecule has 3 N–H and O–H groups in total. The number of primary amides is 1. The summed E-state index contributed by atoms with van der Waals surface area (Å²) in [7, 11) is 1.58. The Morgan fingerprint density at radius 1 is 1.16 bits per heavy atom. The zero-order chi connectivity index (χ0) is 18.2. The third kappa shape index (κ3) is 5.37. The fraction of sp³-hybridized carbons (Fsp3) is 0.471. The maximum Gasteiger partial charge on any atom is 0.311 e. The molecule has 1 heterocycles. The predicted molar refractivity (Wildman–Crippen MR) is 90.0 cm³/mol. The first-order chi connectivity index (χ1) is 12.0. The van der Waals surface area contributed by atoms with Gasteiger partial charge in [-0.2, -0.15) is 0 Å². The van der Waals surface area contributed by atoms with Gasteiger partial charge in [-0.25, -0.2) is 0 Å². The fourth-order valence-electron chi connectivity index (χ4n) is 2.59. The molecule has 0 aromatic heterocycles. The van der Waals surface area contributed by atoms with Gasteiger partial charge >= 0.3 is 11.8 Å². The van der Waals surface area contributed by atoms with Crippen LogP contribution in [0.1, 0.15) is 12.8 Å². The number of hydrogen-bond acceptors (Lipinski definition) is 5. The van der Waals surface area contributed by atoms with Gasteiger partial charge < -0.3 is 25.4 Å². The van der Waals surface area contributed by atoms with E-state index in [0.717, 1.165) is 5.75 Å². The second kappa shape index (κ2) is 8.91. The summed E-state index contributed by atoms with van der Waals surface area (Å²) >= 11 is 0. The van der Waals surface area contributed by atoms with Crippen LogP contribution in [0.5, 0.6) is 11.5 Å². The van der Waals surface area contributed by atoms with Crippen molar-refractivity contribution < 1.29 is 23.9 Å². The van der Waals surface area contributed by atoms with E-state index < -0.39 is 11.8 Å². The first kappa shape index (κ1) is 18.6. The molecule has 1 saturated heterocycles. The molecule has 1 aliphatic rings. The molecule has 0 aliphatic carbocycles. The first-order valence-electron chi connectivity index (χ1n) is 8.14. The van der Waals surface area contributed by atoms with Crippen molar-refractivity contribution in [1.82, 2.24) is 10.2 Å². The minimum absolute atomic E-state index is 0.217. The second-order valence-electron chi connectivity index (χ2n) is 5.75. The number of piperidine rings is 1. The van der Waals surface area contributed by atoms with Gasteiger partial charge in [0.05, 0.1) is 13.7 Å². The third-order valence-electron chi connectivity index (χ3n) is 4.09. The summed E-state index contributed by atoms with van der Waals surface area (Å²) in [6, 6.07) is 7.06. The van der Waals surface area contributed by atoms with E-state index in [1.54, 1.807) is 31.4 Å². The molecular weight excluding hydrogens is 326 g/mol. The van der Waals surface area contributed by atoms with Crippen LogP contribution in [0, 0.1) is 5.92 Å². The average molecular weight is 349 g/mol. The van der Waals surface area contributed by atoms with Crippen LogP contribution < -0.4 is 20.5 Å².